The first-order chi connectivity index (χ1) is 25.1. The van der Waals surface area contributed by atoms with Gasteiger partial charge in [-0.3, -0.25) is 14.8 Å². The number of hydrogen-bond acceptors (Lipinski definition) is 10. The summed E-state index contributed by atoms with van der Waals surface area (Å²) in [4.78, 5) is 34.2. The Bertz CT molecular complexity index is 2050. The average Bonchev–Trinajstić information content (AvgIpc) is 3.79. The number of carbonyl (C=O) groups is 1. The summed E-state index contributed by atoms with van der Waals surface area (Å²) in [6.45, 7) is 9.23. The molecule has 8 rings (SSSR count). The molecule has 4 fully saturated rings. The van der Waals surface area contributed by atoms with Gasteiger partial charge in [0.2, 0.25) is 0 Å². The molecule has 4 saturated heterocycles. The summed E-state index contributed by atoms with van der Waals surface area (Å²) in [5.74, 6) is 3.17. The van der Waals surface area contributed by atoms with Crippen molar-refractivity contribution in [2.24, 2.45) is 0 Å². The van der Waals surface area contributed by atoms with Crippen molar-refractivity contribution >= 4 is 33.6 Å². The van der Waals surface area contributed by atoms with Gasteiger partial charge in [0.25, 0.3) is 0 Å². The van der Waals surface area contributed by atoms with Crippen molar-refractivity contribution < 1.29 is 28.1 Å². The lowest BCUT2D eigenvalue weighted by Crippen LogP contribution is -2.57. The molecule has 2 atom stereocenters. The van der Waals surface area contributed by atoms with Crippen LogP contribution in [0.15, 0.2) is 36.5 Å². The number of piperazine rings is 1. The Morgan fingerprint density at radius 1 is 1.08 bits per heavy atom. The van der Waals surface area contributed by atoms with Crippen molar-refractivity contribution in [1.82, 2.24) is 24.8 Å². The van der Waals surface area contributed by atoms with E-state index in [0.29, 0.717) is 53.2 Å². The SMILES string of the molecule is C#Cc1cccc2cc(OCOC)cc(-c3ncc4c(N5C[C@H]6CC[C@@H](C5)N6C(=O)OC(C)(C)C)nc(OCC56CCCN5CCC6)nc4c3F)c12. The zero-order valence-corrected chi connectivity index (χ0v) is 30.3. The second kappa shape index (κ2) is 13.4. The molecule has 11 nitrogen and oxygen atoms in total. The molecule has 0 unspecified atom stereocenters. The number of carbonyl (C=O) groups excluding carboxylic acids is 1. The van der Waals surface area contributed by atoms with E-state index in [4.69, 9.17) is 40.3 Å². The second-order valence-electron chi connectivity index (χ2n) is 15.5. The van der Waals surface area contributed by atoms with Crippen LogP contribution in [0.2, 0.25) is 0 Å². The van der Waals surface area contributed by atoms with Crippen molar-refractivity contribution in [3.63, 3.8) is 0 Å². The normalized spacial score (nSPS) is 21.1. The van der Waals surface area contributed by atoms with Crippen molar-refractivity contribution in [3.8, 4) is 35.4 Å². The van der Waals surface area contributed by atoms with Gasteiger partial charge in [0.15, 0.2) is 12.6 Å². The van der Waals surface area contributed by atoms with E-state index in [2.05, 4.69) is 15.7 Å². The summed E-state index contributed by atoms with van der Waals surface area (Å²) in [7, 11) is 1.54. The van der Waals surface area contributed by atoms with E-state index in [-0.39, 0.29) is 47.7 Å². The summed E-state index contributed by atoms with van der Waals surface area (Å²) < 4.78 is 40.5. The number of rotatable bonds is 8. The monoisotopic (exact) mass is 708 g/mol. The number of ether oxygens (including phenoxy) is 4. The van der Waals surface area contributed by atoms with E-state index in [1.165, 1.54) is 0 Å². The highest BCUT2D eigenvalue weighted by molar-refractivity contribution is 6.03. The van der Waals surface area contributed by atoms with E-state index < -0.39 is 11.4 Å². The topological polar surface area (TPSA) is 102 Å². The van der Waals surface area contributed by atoms with Gasteiger partial charge < -0.3 is 23.8 Å². The van der Waals surface area contributed by atoms with Gasteiger partial charge in [0.1, 0.15) is 35.0 Å². The van der Waals surface area contributed by atoms with Crippen LogP contribution >= 0.6 is 0 Å². The molecule has 1 amide bonds. The van der Waals surface area contributed by atoms with Crippen LogP contribution < -0.4 is 14.4 Å². The van der Waals surface area contributed by atoms with Gasteiger partial charge in [0, 0.05) is 42.9 Å². The third-order valence-corrected chi connectivity index (χ3v) is 11.0. The van der Waals surface area contributed by atoms with Crippen LogP contribution in [-0.4, -0.2) is 101 Å². The molecule has 0 saturated carbocycles. The van der Waals surface area contributed by atoms with Crippen molar-refractivity contribution in [2.45, 2.75) is 82.5 Å². The van der Waals surface area contributed by atoms with Crippen LogP contribution in [-0.2, 0) is 9.47 Å². The highest BCUT2D eigenvalue weighted by atomic mass is 19.1. The highest BCUT2D eigenvalue weighted by Crippen LogP contribution is 2.42. The van der Waals surface area contributed by atoms with E-state index in [9.17, 15) is 4.79 Å². The maximum Gasteiger partial charge on any atom is 0.410 e. The molecule has 2 aromatic carbocycles. The Kier molecular flexibility index (Phi) is 8.82. The molecule has 0 N–H and O–H groups in total. The van der Waals surface area contributed by atoms with Crippen LogP contribution in [0.25, 0.3) is 32.9 Å². The average molecular weight is 709 g/mol. The molecular weight excluding hydrogens is 663 g/mol. The number of hydrogen-bond donors (Lipinski definition) is 0. The van der Waals surface area contributed by atoms with Crippen LogP contribution in [0.3, 0.4) is 0 Å². The maximum absolute atomic E-state index is 17.3. The predicted molar refractivity (Wildman–Crippen MR) is 196 cm³/mol. The van der Waals surface area contributed by atoms with Gasteiger partial charge in [-0.05, 0) is 96.0 Å². The van der Waals surface area contributed by atoms with Crippen molar-refractivity contribution in [3.05, 3.63) is 47.9 Å². The standard InChI is InChI=1S/C40H45FN6O5/c1-6-25-10-7-11-26-18-29(51-24-49-5)19-30(32(25)26)34-33(41)35-31(20-42-34)36(44-37(43-35)50-23-40-14-8-16-46(40)17-9-15-40)45-21-27-12-13-28(22-45)47(27)38(48)52-39(2,3)4/h1,7,10-11,18-20,27-28H,8-9,12-17,21-24H2,2-5H3/t27-,28+. The zero-order chi connectivity index (χ0) is 36.2. The molecule has 4 aliphatic rings. The number of halogens is 1. The molecule has 272 valence electrons. The van der Waals surface area contributed by atoms with E-state index in [1.54, 1.807) is 19.4 Å². The Morgan fingerprint density at radius 3 is 2.52 bits per heavy atom. The molecular formula is C40H45FN6O5. The van der Waals surface area contributed by atoms with Gasteiger partial charge in [-0.1, -0.05) is 18.1 Å². The first kappa shape index (κ1) is 34.4. The van der Waals surface area contributed by atoms with E-state index in [0.717, 1.165) is 57.0 Å². The molecule has 0 spiro atoms. The summed E-state index contributed by atoms with van der Waals surface area (Å²) in [5, 5.41) is 1.93. The number of aromatic nitrogens is 3. The number of benzene rings is 2. The van der Waals surface area contributed by atoms with Gasteiger partial charge in [-0.15, -0.1) is 6.42 Å². The number of anilines is 1. The molecule has 6 heterocycles. The Balaban J connectivity index is 1.23. The Morgan fingerprint density at radius 2 is 1.83 bits per heavy atom. The largest absolute Gasteiger partial charge is 0.468 e. The minimum atomic E-state index is -0.611. The van der Waals surface area contributed by atoms with E-state index >= 15 is 4.39 Å². The summed E-state index contributed by atoms with van der Waals surface area (Å²) >= 11 is 0. The maximum atomic E-state index is 17.3. The molecule has 2 bridgehead atoms. The van der Waals surface area contributed by atoms with Gasteiger partial charge >= 0.3 is 12.1 Å². The molecule has 4 aromatic rings. The van der Waals surface area contributed by atoms with Gasteiger partial charge in [-0.2, -0.15) is 9.97 Å². The lowest BCUT2D eigenvalue weighted by Gasteiger charge is -2.42. The van der Waals surface area contributed by atoms with E-state index in [1.807, 2.05) is 49.9 Å². The Labute approximate surface area is 303 Å². The fraction of sp³-hybridized carbons (Fsp3) is 0.500. The molecule has 52 heavy (non-hydrogen) atoms. The van der Waals surface area contributed by atoms with Crippen molar-refractivity contribution in [2.75, 3.05) is 51.6 Å². The minimum absolute atomic E-state index is 0.0206. The lowest BCUT2D eigenvalue weighted by atomic mass is 9.95. The summed E-state index contributed by atoms with van der Waals surface area (Å²) in [5.41, 5.74) is 0.633. The van der Waals surface area contributed by atoms with Crippen LogP contribution in [0.1, 0.15) is 64.9 Å². The number of methoxy groups -OCH3 is 1. The third kappa shape index (κ3) is 6.13. The smallest absolute Gasteiger partial charge is 0.410 e. The molecule has 0 aliphatic carbocycles. The number of pyridine rings is 1. The van der Waals surface area contributed by atoms with Crippen molar-refractivity contribution in [1.29, 1.82) is 0 Å². The number of amides is 1. The third-order valence-electron chi connectivity index (χ3n) is 11.0. The van der Waals surface area contributed by atoms with Crippen LogP contribution in [0, 0.1) is 18.2 Å². The fourth-order valence-electron chi connectivity index (χ4n) is 8.78. The van der Waals surface area contributed by atoms with Crippen LogP contribution in [0.4, 0.5) is 15.0 Å². The van der Waals surface area contributed by atoms with Gasteiger partial charge in [0.05, 0.1) is 23.0 Å². The number of nitrogens with zero attached hydrogens (tertiary/aromatic N) is 6. The zero-order valence-electron chi connectivity index (χ0n) is 30.3. The summed E-state index contributed by atoms with van der Waals surface area (Å²) in [6.07, 6.45) is 13.3. The first-order valence-electron chi connectivity index (χ1n) is 18.2. The molecule has 12 heteroatoms. The van der Waals surface area contributed by atoms with Gasteiger partial charge in [-0.25, -0.2) is 9.18 Å². The van der Waals surface area contributed by atoms with Crippen LogP contribution in [0.5, 0.6) is 11.8 Å². The number of terminal acetylenes is 1. The summed E-state index contributed by atoms with van der Waals surface area (Å²) in [6, 6.07) is 9.15. The highest BCUT2D eigenvalue weighted by Gasteiger charge is 2.46. The Hall–Kier alpha value is -4.73. The number of fused-ring (bicyclic) bond motifs is 5. The first-order valence-corrected chi connectivity index (χ1v) is 18.2. The quantitative estimate of drug-likeness (QED) is 0.148. The predicted octanol–water partition coefficient (Wildman–Crippen LogP) is 6.54. The molecule has 2 aromatic heterocycles. The minimum Gasteiger partial charge on any atom is -0.468 e. The molecule has 4 aliphatic heterocycles. The second-order valence-corrected chi connectivity index (χ2v) is 15.5. The lowest BCUT2D eigenvalue weighted by molar-refractivity contribution is 0.0122. The fourth-order valence-corrected chi connectivity index (χ4v) is 8.78. The molecule has 0 radical (unpaired) electrons.